The van der Waals surface area contributed by atoms with Gasteiger partial charge in [-0.15, -0.1) is 10.2 Å². The number of benzene rings is 2. The van der Waals surface area contributed by atoms with Gasteiger partial charge in [0.1, 0.15) is 0 Å². The Balaban J connectivity index is 1.66. The number of aromatic nitrogens is 2. The molecule has 1 amide bonds. The van der Waals surface area contributed by atoms with Crippen LogP contribution in [-0.4, -0.2) is 16.1 Å². The summed E-state index contributed by atoms with van der Waals surface area (Å²) in [6, 6.07) is 19.0. The molecule has 6 nitrogen and oxygen atoms in total. The van der Waals surface area contributed by atoms with Crippen LogP contribution in [0.5, 0.6) is 0 Å². The summed E-state index contributed by atoms with van der Waals surface area (Å²) in [5, 5.41) is 23.0. The third-order valence-corrected chi connectivity index (χ3v) is 3.50. The highest BCUT2D eigenvalue weighted by Gasteiger charge is 2.09. The zero-order valence-electron chi connectivity index (χ0n) is 12.9. The van der Waals surface area contributed by atoms with Crippen molar-refractivity contribution in [2.24, 2.45) is 0 Å². The van der Waals surface area contributed by atoms with Gasteiger partial charge in [0.25, 0.3) is 5.91 Å². The van der Waals surface area contributed by atoms with E-state index < -0.39 is 0 Å². The zero-order chi connectivity index (χ0) is 17.6. The standard InChI is InChI=1S/C18H12ClN5O/c19-13-2-1-3-15(10-13)22-18(25)16-8-9-17(24-23-16)21-14-6-4-12(11-20)5-7-14/h1-10H,(H,21,24)(H,22,25). The molecular formula is C18H12ClN5O. The molecule has 3 rings (SSSR count). The van der Waals surface area contributed by atoms with Crippen molar-refractivity contribution in [3.05, 3.63) is 76.9 Å². The molecule has 0 spiro atoms. The number of nitriles is 1. The number of hydrogen-bond donors (Lipinski definition) is 2. The topological polar surface area (TPSA) is 90.7 Å². The van der Waals surface area contributed by atoms with Crippen LogP contribution in [0.1, 0.15) is 16.1 Å². The van der Waals surface area contributed by atoms with Crippen molar-refractivity contribution in [1.29, 1.82) is 5.26 Å². The lowest BCUT2D eigenvalue weighted by Crippen LogP contribution is -2.14. The van der Waals surface area contributed by atoms with Crippen LogP contribution in [-0.2, 0) is 0 Å². The van der Waals surface area contributed by atoms with Gasteiger partial charge in [-0.1, -0.05) is 17.7 Å². The summed E-state index contributed by atoms with van der Waals surface area (Å²) in [4.78, 5) is 12.2. The Morgan fingerprint density at radius 1 is 1.00 bits per heavy atom. The molecule has 0 aliphatic heterocycles. The molecule has 7 heteroatoms. The van der Waals surface area contributed by atoms with Gasteiger partial charge in [0.2, 0.25) is 0 Å². The van der Waals surface area contributed by atoms with Gasteiger partial charge in [-0.3, -0.25) is 4.79 Å². The molecule has 0 aliphatic rings. The van der Waals surface area contributed by atoms with Crippen molar-refractivity contribution in [3.63, 3.8) is 0 Å². The minimum absolute atomic E-state index is 0.186. The van der Waals surface area contributed by atoms with Crippen LogP contribution >= 0.6 is 11.6 Å². The van der Waals surface area contributed by atoms with Crippen molar-refractivity contribution in [2.75, 3.05) is 10.6 Å². The lowest BCUT2D eigenvalue weighted by molar-refractivity contribution is 0.102. The fourth-order valence-electron chi connectivity index (χ4n) is 2.06. The molecule has 2 aromatic carbocycles. The number of halogens is 1. The van der Waals surface area contributed by atoms with Crippen LogP contribution < -0.4 is 10.6 Å². The van der Waals surface area contributed by atoms with Crippen molar-refractivity contribution in [2.45, 2.75) is 0 Å². The van der Waals surface area contributed by atoms with Crippen LogP contribution in [0.2, 0.25) is 5.02 Å². The first-order valence-corrected chi connectivity index (χ1v) is 7.70. The van der Waals surface area contributed by atoms with Gasteiger partial charge in [-0.25, -0.2) is 0 Å². The van der Waals surface area contributed by atoms with Gasteiger partial charge in [0.15, 0.2) is 11.5 Å². The number of anilines is 3. The molecule has 1 aromatic heterocycles. The Kier molecular flexibility index (Phi) is 4.88. The fraction of sp³-hybridized carbons (Fsp3) is 0. The number of amides is 1. The van der Waals surface area contributed by atoms with Crippen molar-refractivity contribution < 1.29 is 4.79 Å². The van der Waals surface area contributed by atoms with Crippen LogP contribution in [0.25, 0.3) is 0 Å². The third-order valence-electron chi connectivity index (χ3n) is 3.27. The predicted molar refractivity (Wildman–Crippen MR) is 95.9 cm³/mol. The number of carbonyl (C=O) groups excluding carboxylic acids is 1. The SMILES string of the molecule is N#Cc1ccc(Nc2ccc(C(=O)Nc3cccc(Cl)c3)nn2)cc1. The van der Waals surface area contributed by atoms with Gasteiger partial charge in [-0.2, -0.15) is 5.26 Å². The van der Waals surface area contributed by atoms with Crippen molar-refractivity contribution in [1.82, 2.24) is 10.2 Å². The molecule has 0 radical (unpaired) electrons. The number of hydrogen-bond acceptors (Lipinski definition) is 5. The van der Waals surface area contributed by atoms with E-state index in [1.54, 1.807) is 60.7 Å². The number of nitrogens with one attached hydrogen (secondary N) is 2. The molecule has 3 aromatic rings. The van der Waals surface area contributed by atoms with Crippen LogP contribution in [0.3, 0.4) is 0 Å². The third kappa shape index (κ3) is 4.31. The average Bonchev–Trinajstić information content (AvgIpc) is 2.63. The lowest BCUT2D eigenvalue weighted by atomic mass is 10.2. The van der Waals surface area contributed by atoms with E-state index in [-0.39, 0.29) is 11.6 Å². The highest BCUT2D eigenvalue weighted by atomic mass is 35.5. The number of nitrogens with zero attached hydrogens (tertiary/aromatic N) is 3. The maximum absolute atomic E-state index is 12.2. The predicted octanol–water partition coefficient (Wildman–Crippen LogP) is 4.00. The molecular weight excluding hydrogens is 338 g/mol. The molecule has 1 heterocycles. The van der Waals surface area contributed by atoms with Gasteiger partial charge >= 0.3 is 0 Å². The average molecular weight is 350 g/mol. The lowest BCUT2D eigenvalue weighted by Gasteiger charge is -2.07. The molecule has 0 atom stereocenters. The summed E-state index contributed by atoms with van der Waals surface area (Å²) in [5.41, 5.74) is 2.11. The van der Waals surface area contributed by atoms with E-state index in [1.807, 2.05) is 0 Å². The van der Waals surface area contributed by atoms with Gasteiger partial charge in [-0.05, 0) is 54.6 Å². The van der Waals surface area contributed by atoms with Crippen molar-refractivity contribution in [3.8, 4) is 6.07 Å². The maximum Gasteiger partial charge on any atom is 0.276 e. The maximum atomic E-state index is 12.2. The zero-order valence-corrected chi connectivity index (χ0v) is 13.7. The van der Waals surface area contributed by atoms with E-state index in [4.69, 9.17) is 16.9 Å². The molecule has 0 unspecified atom stereocenters. The van der Waals surface area contributed by atoms with E-state index in [1.165, 1.54) is 0 Å². The van der Waals surface area contributed by atoms with Gasteiger partial charge in [0, 0.05) is 16.4 Å². The highest BCUT2D eigenvalue weighted by molar-refractivity contribution is 6.30. The van der Waals surface area contributed by atoms with Gasteiger partial charge in [0.05, 0.1) is 11.6 Å². The Bertz CT molecular complexity index is 933. The first kappa shape index (κ1) is 16.4. The van der Waals surface area contributed by atoms with Crippen LogP contribution in [0, 0.1) is 11.3 Å². The first-order chi connectivity index (χ1) is 12.1. The Morgan fingerprint density at radius 3 is 2.44 bits per heavy atom. The summed E-state index contributed by atoms with van der Waals surface area (Å²) in [6.07, 6.45) is 0. The highest BCUT2D eigenvalue weighted by Crippen LogP contribution is 2.17. The molecule has 0 saturated carbocycles. The normalized spacial score (nSPS) is 9.92. The quantitative estimate of drug-likeness (QED) is 0.743. The largest absolute Gasteiger partial charge is 0.339 e. The van der Waals surface area contributed by atoms with E-state index in [2.05, 4.69) is 26.9 Å². The second kappa shape index (κ2) is 7.43. The molecule has 2 N–H and O–H groups in total. The summed E-state index contributed by atoms with van der Waals surface area (Å²) >= 11 is 5.89. The molecule has 0 saturated heterocycles. The van der Waals surface area contributed by atoms with Crippen LogP contribution in [0.4, 0.5) is 17.2 Å². The minimum atomic E-state index is -0.375. The van der Waals surface area contributed by atoms with Gasteiger partial charge < -0.3 is 10.6 Å². The Hall–Kier alpha value is -3.43. The van der Waals surface area contributed by atoms with E-state index in [0.717, 1.165) is 5.69 Å². The first-order valence-electron chi connectivity index (χ1n) is 7.32. The Labute approximate surface area is 149 Å². The van der Waals surface area contributed by atoms with E-state index in [9.17, 15) is 4.79 Å². The molecule has 25 heavy (non-hydrogen) atoms. The van der Waals surface area contributed by atoms with E-state index in [0.29, 0.717) is 22.1 Å². The second-order valence-electron chi connectivity index (χ2n) is 5.08. The summed E-state index contributed by atoms with van der Waals surface area (Å²) in [5.74, 6) is 0.115. The van der Waals surface area contributed by atoms with Crippen LogP contribution in [0.15, 0.2) is 60.7 Å². The summed E-state index contributed by atoms with van der Waals surface area (Å²) in [6.45, 7) is 0. The Morgan fingerprint density at radius 2 is 1.80 bits per heavy atom. The smallest absolute Gasteiger partial charge is 0.276 e. The summed E-state index contributed by atoms with van der Waals surface area (Å²) < 4.78 is 0. The number of rotatable bonds is 4. The minimum Gasteiger partial charge on any atom is -0.339 e. The second-order valence-corrected chi connectivity index (χ2v) is 5.52. The molecule has 0 fully saturated rings. The number of carbonyl (C=O) groups is 1. The monoisotopic (exact) mass is 349 g/mol. The summed E-state index contributed by atoms with van der Waals surface area (Å²) in [7, 11) is 0. The van der Waals surface area contributed by atoms with E-state index >= 15 is 0 Å². The molecule has 0 bridgehead atoms. The molecule has 0 aliphatic carbocycles. The fourth-order valence-corrected chi connectivity index (χ4v) is 2.25. The molecule has 122 valence electrons. The van der Waals surface area contributed by atoms with Crippen molar-refractivity contribution >= 4 is 34.7 Å².